The molecule has 4 nitrogen and oxygen atoms in total. The van der Waals surface area contributed by atoms with Gasteiger partial charge in [-0.05, 0) is 38.4 Å². The van der Waals surface area contributed by atoms with Gasteiger partial charge in [-0.3, -0.25) is 0 Å². The van der Waals surface area contributed by atoms with Crippen LogP contribution in [0.1, 0.15) is 30.9 Å². The van der Waals surface area contributed by atoms with Crippen LogP contribution in [0.5, 0.6) is 11.5 Å². The zero-order chi connectivity index (χ0) is 13.7. The monoisotopic (exact) mass is 265 g/mol. The van der Waals surface area contributed by atoms with Crippen molar-refractivity contribution in [3.63, 3.8) is 0 Å². The lowest BCUT2D eigenvalue weighted by Gasteiger charge is -2.12. The quantitative estimate of drug-likeness (QED) is 0.739. The fourth-order valence-corrected chi connectivity index (χ4v) is 2.39. The molecule has 0 fully saturated rings. The van der Waals surface area contributed by atoms with E-state index in [4.69, 9.17) is 14.6 Å². The lowest BCUT2D eigenvalue weighted by atomic mass is 10.1. The summed E-state index contributed by atoms with van der Waals surface area (Å²) in [5.41, 5.74) is 2.35. The summed E-state index contributed by atoms with van der Waals surface area (Å²) in [4.78, 5) is 0. The molecule has 0 radical (unpaired) electrons. The first-order valence-electron chi connectivity index (χ1n) is 6.92. The van der Waals surface area contributed by atoms with E-state index < -0.39 is 0 Å². The fourth-order valence-electron chi connectivity index (χ4n) is 2.39. The Morgan fingerprint density at radius 1 is 1.42 bits per heavy atom. The topological polar surface area (TPSA) is 50.7 Å². The van der Waals surface area contributed by atoms with E-state index in [0.29, 0.717) is 0 Å². The highest BCUT2D eigenvalue weighted by Gasteiger charge is 2.21. The lowest BCUT2D eigenvalue weighted by Crippen LogP contribution is -2.15. The molecule has 0 amide bonds. The molecule has 1 atom stereocenters. The molecule has 1 aliphatic heterocycles. The minimum atomic E-state index is 0.257. The molecule has 0 aliphatic carbocycles. The smallest absolute Gasteiger partial charge is 0.123 e. The second-order valence-electron chi connectivity index (χ2n) is 5.01. The number of unbranched alkanes of at least 4 members (excludes halogenated alkanes) is 1. The van der Waals surface area contributed by atoms with Gasteiger partial charge in [0, 0.05) is 30.7 Å². The van der Waals surface area contributed by atoms with Crippen LogP contribution in [0.25, 0.3) is 0 Å². The second-order valence-corrected chi connectivity index (χ2v) is 5.01. The molecule has 0 aromatic heterocycles. The summed E-state index contributed by atoms with van der Waals surface area (Å²) in [6.45, 7) is 4.01. The molecule has 19 heavy (non-hydrogen) atoms. The number of hydrogen-bond donors (Lipinski definition) is 2. The molecule has 2 N–H and O–H groups in total. The lowest BCUT2D eigenvalue weighted by molar-refractivity contribution is 0.254. The van der Waals surface area contributed by atoms with Gasteiger partial charge in [0.1, 0.15) is 17.6 Å². The number of benzene rings is 1. The second kappa shape index (κ2) is 6.78. The van der Waals surface area contributed by atoms with Gasteiger partial charge in [0.25, 0.3) is 0 Å². The van der Waals surface area contributed by atoms with E-state index in [1.165, 1.54) is 5.56 Å². The first-order chi connectivity index (χ1) is 9.24. The minimum Gasteiger partial charge on any atom is -0.496 e. The van der Waals surface area contributed by atoms with Crippen molar-refractivity contribution in [1.29, 1.82) is 0 Å². The zero-order valence-corrected chi connectivity index (χ0v) is 11.7. The molecular formula is C15H23NO3. The highest BCUT2D eigenvalue weighted by atomic mass is 16.5. The maximum Gasteiger partial charge on any atom is 0.123 e. The van der Waals surface area contributed by atoms with Gasteiger partial charge in [-0.2, -0.15) is 0 Å². The molecule has 1 unspecified atom stereocenters. The summed E-state index contributed by atoms with van der Waals surface area (Å²) in [5, 5.41) is 12.1. The summed E-state index contributed by atoms with van der Waals surface area (Å²) < 4.78 is 11.2. The Labute approximate surface area is 114 Å². The Bertz CT molecular complexity index is 420. The summed E-state index contributed by atoms with van der Waals surface area (Å²) >= 11 is 0. The molecule has 1 aliphatic rings. The third kappa shape index (κ3) is 3.61. The van der Waals surface area contributed by atoms with Crippen LogP contribution in [0.4, 0.5) is 0 Å². The maximum atomic E-state index is 8.73. The molecule has 2 rings (SSSR count). The van der Waals surface area contributed by atoms with E-state index in [-0.39, 0.29) is 12.7 Å². The van der Waals surface area contributed by atoms with Crippen LogP contribution in [0, 0.1) is 0 Å². The molecule has 0 spiro atoms. The molecule has 1 heterocycles. The van der Waals surface area contributed by atoms with E-state index in [0.717, 1.165) is 49.4 Å². The molecule has 1 aromatic rings. The number of ether oxygens (including phenoxy) is 2. The molecule has 0 saturated carbocycles. The van der Waals surface area contributed by atoms with E-state index in [9.17, 15) is 0 Å². The third-order valence-electron chi connectivity index (χ3n) is 3.38. The van der Waals surface area contributed by atoms with Gasteiger partial charge >= 0.3 is 0 Å². The largest absolute Gasteiger partial charge is 0.496 e. The van der Waals surface area contributed by atoms with Crippen LogP contribution in [0.2, 0.25) is 0 Å². The average molecular weight is 265 g/mol. The standard InChI is InChI=1S/C15H23NO3/c1-11-7-12-8-14(18-2)13(9-15(12)19-11)10-16-5-3-4-6-17/h8-9,11,16-17H,3-7,10H2,1-2H3. The van der Waals surface area contributed by atoms with Crippen molar-refractivity contribution < 1.29 is 14.6 Å². The average Bonchev–Trinajstić information content (AvgIpc) is 2.76. The van der Waals surface area contributed by atoms with Crippen LogP contribution in [-0.4, -0.2) is 31.5 Å². The fraction of sp³-hybridized carbons (Fsp3) is 0.600. The Kier molecular flexibility index (Phi) is 5.05. The molecule has 106 valence electrons. The van der Waals surface area contributed by atoms with Crippen LogP contribution >= 0.6 is 0 Å². The van der Waals surface area contributed by atoms with Gasteiger partial charge in [-0.1, -0.05) is 0 Å². The molecule has 0 bridgehead atoms. The Hall–Kier alpha value is -1.26. The Balaban J connectivity index is 1.98. The van der Waals surface area contributed by atoms with Crippen molar-refractivity contribution in [2.75, 3.05) is 20.3 Å². The van der Waals surface area contributed by atoms with Crippen molar-refractivity contribution in [2.24, 2.45) is 0 Å². The van der Waals surface area contributed by atoms with Gasteiger partial charge in [0.05, 0.1) is 7.11 Å². The van der Waals surface area contributed by atoms with Crippen LogP contribution in [0.3, 0.4) is 0 Å². The molecule has 0 saturated heterocycles. The molecule has 4 heteroatoms. The van der Waals surface area contributed by atoms with E-state index in [1.54, 1.807) is 7.11 Å². The first kappa shape index (κ1) is 14.2. The van der Waals surface area contributed by atoms with Crippen molar-refractivity contribution in [2.45, 2.75) is 38.8 Å². The van der Waals surface area contributed by atoms with E-state index in [1.807, 2.05) is 0 Å². The summed E-state index contributed by atoms with van der Waals surface area (Å²) in [7, 11) is 1.70. The highest BCUT2D eigenvalue weighted by molar-refractivity contribution is 5.48. The van der Waals surface area contributed by atoms with Crippen molar-refractivity contribution in [1.82, 2.24) is 5.32 Å². The van der Waals surface area contributed by atoms with Crippen LogP contribution in [0.15, 0.2) is 12.1 Å². The normalized spacial score (nSPS) is 17.1. The molecular weight excluding hydrogens is 242 g/mol. The van der Waals surface area contributed by atoms with Gasteiger partial charge < -0.3 is 19.9 Å². The summed E-state index contributed by atoms with van der Waals surface area (Å²) in [5.74, 6) is 1.91. The zero-order valence-electron chi connectivity index (χ0n) is 11.7. The molecule has 1 aromatic carbocycles. The highest BCUT2D eigenvalue weighted by Crippen LogP contribution is 2.34. The van der Waals surface area contributed by atoms with Gasteiger partial charge in [0.15, 0.2) is 0 Å². The minimum absolute atomic E-state index is 0.257. The Morgan fingerprint density at radius 2 is 2.26 bits per heavy atom. The van der Waals surface area contributed by atoms with Gasteiger partial charge in [-0.25, -0.2) is 0 Å². The summed E-state index contributed by atoms with van der Waals surface area (Å²) in [6, 6.07) is 4.17. The van der Waals surface area contributed by atoms with Crippen molar-refractivity contribution in [3.05, 3.63) is 23.3 Å². The van der Waals surface area contributed by atoms with Crippen molar-refractivity contribution >= 4 is 0 Å². The van der Waals surface area contributed by atoms with Crippen molar-refractivity contribution in [3.8, 4) is 11.5 Å². The van der Waals surface area contributed by atoms with Crippen LogP contribution < -0.4 is 14.8 Å². The summed E-state index contributed by atoms with van der Waals surface area (Å²) in [6.07, 6.45) is 3.04. The van der Waals surface area contributed by atoms with E-state index in [2.05, 4.69) is 24.4 Å². The predicted octanol–water partition coefficient (Wildman–Crippen LogP) is 1.88. The van der Waals surface area contributed by atoms with Gasteiger partial charge in [-0.15, -0.1) is 0 Å². The number of nitrogens with one attached hydrogen (secondary N) is 1. The third-order valence-corrected chi connectivity index (χ3v) is 3.38. The number of aliphatic hydroxyl groups is 1. The number of hydrogen-bond acceptors (Lipinski definition) is 4. The predicted molar refractivity (Wildman–Crippen MR) is 74.8 cm³/mol. The van der Waals surface area contributed by atoms with Gasteiger partial charge in [0.2, 0.25) is 0 Å². The van der Waals surface area contributed by atoms with E-state index >= 15 is 0 Å². The first-order valence-corrected chi connectivity index (χ1v) is 6.92. The number of methoxy groups -OCH3 is 1. The van der Waals surface area contributed by atoms with Crippen LogP contribution in [-0.2, 0) is 13.0 Å². The Morgan fingerprint density at radius 3 is 3.00 bits per heavy atom. The number of rotatable bonds is 7. The number of aliphatic hydroxyl groups excluding tert-OH is 1. The SMILES string of the molecule is COc1cc2c(cc1CNCCCCO)OC(C)C2. The maximum absolute atomic E-state index is 8.73. The number of fused-ring (bicyclic) bond motifs is 1.